The zero-order valence-electron chi connectivity index (χ0n) is 8.99. The minimum atomic E-state index is -0.821. The van der Waals surface area contributed by atoms with E-state index in [-0.39, 0.29) is 23.6 Å². The molecule has 1 saturated heterocycles. The van der Waals surface area contributed by atoms with Crippen LogP contribution in [0.25, 0.3) is 0 Å². The number of hydrogen-bond donors (Lipinski definition) is 1. The summed E-state index contributed by atoms with van der Waals surface area (Å²) < 4.78 is 0. The van der Waals surface area contributed by atoms with E-state index in [2.05, 4.69) is 5.32 Å². The van der Waals surface area contributed by atoms with Crippen LogP contribution >= 0.6 is 11.8 Å². The fourth-order valence-electron chi connectivity index (χ4n) is 1.30. The molecule has 6 heteroatoms. The van der Waals surface area contributed by atoms with Gasteiger partial charge < -0.3 is 5.32 Å². The molecule has 0 saturated carbocycles. The summed E-state index contributed by atoms with van der Waals surface area (Å²) in [6.07, 6.45) is 0. The molecule has 1 aliphatic heterocycles. The minimum absolute atomic E-state index is 0.0127. The van der Waals surface area contributed by atoms with Crippen LogP contribution in [0.5, 0.6) is 0 Å². The second kappa shape index (κ2) is 4.22. The number of nitrogens with zero attached hydrogens (tertiary/aromatic N) is 1. The van der Waals surface area contributed by atoms with Crippen molar-refractivity contribution in [2.75, 3.05) is 12.3 Å². The number of amides is 3. The molecule has 1 aliphatic rings. The van der Waals surface area contributed by atoms with Crippen LogP contribution in [-0.2, 0) is 9.59 Å². The molecule has 0 atom stereocenters. The van der Waals surface area contributed by atoms with Gasteiger partial charge >= 0.3 is 6.03 Å². The predicted molar refractivity (Wildman–Crippen MR) is 57.5 cm³/mol. The highest BCUT2D eigenvalue weighted by Gasteiger charge is 2.43. The lowest BCUT2D eigenvalue weighted by Gasteiger charge is -2.15. The third kappa shape index (κ3) is 2.71. The number of thioether (sulfide) groups is 1. The van der Waals surface area contributed by atoms with Crippen LogP contribution in [-0.4, -0.2) is 39.8 Å². The minimum Gasteiger partial charge on any atom is -0.324 e. The zero-order valence-corrected chi connectivity index (χ0v) is 9.81. The summed E-state index contributed by atoms with van der Waals surface area (Å²) in [6.45, 7) is 5.05. The molecule has 0 aromatic carbocycles. The molecule has 0 aromatic rings. The molecule has 15 heavy (non-hydrogen) atoms. The molecule has 1 N–H and O–H groups in total. The molecule has 0 radical (unpaired) electrons. The maximum atomic E-state index is 11.7. The molecule has 84 valence electrons. The average molecular weight is 230 g/mol. The van der Waals surface area contributed by atoms with Crippen LogP contribution in [0.3, 0.4) is 0 Å². The molecule has 0 aliphatic carbocycles. The maximum Gasteiger partial charge on any atom is 0.325 e. The Bertz CT molecular complexity index is 314. The lowest BCUT2D eigenvalue weighted by molar-refractivity contribution is -0.130. The Hall–Kier alpha value is -1.04. The molecule has 1 fully saturated rings. The first-order chi connectivity index (χ1) is 6.84. The Morgan fingerprint density at radius 3 is 2.47 bits per heavy atom. The quantitative estimate of drug-likeness (QED) is 0.721. The molecule has 1 heterocycles. The molecular formula is C9H14N2O3S. The predicted octanol–water partition coefficient (Wildman–Crippen LogP) is 0.596. The van der Waals surface area contributed by atoms with Gasteiger partial charge in [-0.1, -0.05) is 11.8 Å². The lowest BCUT2D eigenvalue weighted by Crippen LogP contribution is -2.40. The number of carbonyl (C=O) groups excluding carboxylic acids is 3. The first kappa shape index (κ1) is 12.0. The highest BCUT2D eigenvalue weighted by molar-refractivity contribution is 8.13. The molecule has 1 rings (SSSR count). The van der Waals surface area contributed by atoms with E-state index >= 15 is 0 Å². The largest absolute Gasteiger partial charge is 0.325 e. The lowest BCUT2D eigenvalue weighted by atomic mass is 10.1. The maximum absolute atomic E-state index is 11.7. The molecular weight excluding hydrogens is 216 g/mol. The van der Waals surface area contributed by atoms with E-state index < -0.39 is 5.54 Å². The van der Waals surface area contributed by atoms with Crippen molar-refractivity contribution >= 4 is 28.8 Å². The fraction of sp³-hybridized carbons (Fsp3) is 0.667. The summed E-state index contributed by atoms with van der Waals surface area (Å²) in [5.74, 6) is 0.210. The van der Waals surface area contributed by atoms with Gasteiger partial charge in [0.2, 0.25) is 0 Å². The SMILES string of the molecule is CC(=O)SCCN1C(=O)NC(C)(C)C1=O. The standard InChI is InChI=1S/C9H14N2O3S/c1-6(12)15-5-4-11-7(13)9(2,3)10-8(11)14/h4-5H2,1-3H3,(H,10,14). The van der Waals surface area contributed by atoms with Crippen LogP contribution in [0.2, 0.25) is 0 Å². The Morgan fingerprint density at radius 2 is 2.07 bits per heavy atom. The topological polar surface area (TPSA) is 66.5 Å². The summed E-state index contributed by atoms with van der Waals surface area (Å²) in [4.78, 5) is 34.9. The van der Waals surface area contributed by atoms with Gasteiger partial charge in [0.15, 0.2) is 5.12 Å². The van der Waals surface area contributed by atoms with Gasteiger partial charge in [-0.25, -0.2) is 4.79 Å². The molecule has 0 unspecified atom stereocenters. The van der Waals surface area contributed by atoms with Gasteiger partial charge in [-0.15, -0.1) is 0 Å². The van der Waals surface area contributed by atoms with E-state index in [9.17, 15) is 14.4 Å². The third-order valence-electron chi connectivity index (χ3n) is 2.06. The monoisotopic (exact) mass is 230 g/mol. The van der Waals surface area contributed by atoms with Gasteiger partial charge in [0, 0.05) is 19.2 Å². The Kier molecular flexibility index (Phi) is 3.38. The number of nitrogens with one attached hydrogen (secondary N) is 1. The highest BCUT2D eigenvalue weighted by atomic mass is 32.2. The molecule has 3 amide bonds. The Labute approximate surface area is 92.6 Å². The first-order valence-corrected chi connectivity index (χ1v) is 5.60. The number of rotatable bonds is 3. The van der Waals surface area contributed by atoms with Gasteiger partial charge in [0.25, 0.3) is 5.91 Å². The van der Waals surface area contributed by atoms with Crippen LogP contribution in [0.4, 0.5) is 4.79 Å². The third-order valence-corrected chi connectivity index (χ3v) is 2.86. The van der Waals surface area contributed by atoms with Gasteiger partial charge in [-0.3, -0.25) is 14.5 Å². The van der Waals surface area contributed by atoms with E-state index in [4.69, 9.17) is 0 Å². The number of urea groups is 1. The normalized spacial score (nSPS) is 19.3. The summed E-state index contributed by atoms with van der Waals surface area (Å²) in [6, 6.07) is -0.380. The second-order valence-electron chi connectivity index (χ2n) is 3.85. The van der Waals surface area contributed by atoms with Crippen molar-refractivity contribution in [2.24, 2.45) is 0 Å². The van der Waals surface area contributed by atoms with Gasteiger partial charge in [-0.2, -0.15) is 0 Å². The van der Waals surface area contributed by atoms with Crippen molar-refractivity contribution in [2.45, 2.75) is 26.3 Å². The molecule has 5 nitrogen and oxygen atoms in total. The van der Waals surface area contributed by atoms with E-state index in [0.717, 1.165) is 16.7 Å². The fourth-order valence-corrected chi connectivity index (χ4v) is 1.86. The van der Waals surface area contributed by atoms with E-state index in [0.29, 0.717) is 5.75 Å². The summed E-state index contributed by atoms with van der Waals surface area (Å²) in [5, 5.41) is 2.56. The van der Waals surface area contributed by atoms with E-state index in [1.165, 1.54) is 6.92 Å². The van der Waals surface area contributed by atoms with Crippen molar-refractivity contribution in [3.63, 3.8) is 0 Å². The van der Waals surface area contributed by atoms with Gasteiger partial charge in [0.05, 0.1) is 0 Å². The van der Waals surface area contributed by atoms with E-state index in [1.807, 2.05) is 0 Å². The van der Waals surface area contributed by atoms with Crippen LogP contribution in [0.15, 0.2) is 0 Å². The second-order valence-corrected chi connectivity index (χ2v) is 5.12. The summed E-state index contributed by atoms with van der Waals surface area (Å²) in [7, 11) is 0. The summed E-state index contributed by atoms with van der Waals surface area (Å²) in [5.41, 5.74) is -0.821. The number of carbonyl (C=O) groups is 3. The van der Waals surface area contributed by atoms with Crippen molar-refractivity contribution in [3.05, 3.63) is 0 Å². The smallest absolute Gasteiger partial charge is 0.324 e. The van der Waals surface area contributed by atoms with Gasteiger partial charge in [0.1, 0.15) is 5.54 Å². The molecule has 0 aromatic heterocycles. The van der Waals surface area contributed by atoms with Crippen molar-refractivity contribution in [1.29, 1.82) is 0 Å². The van der Waals surface area contributed by atoms with Crippen LogP contribution in [0.1, 0.15) is 20.8 Å². The Morgan fingerprint density at radius 1 is 1.47 bits per heavy atom. The van der Waals surface area contributed by atoms with E-state index in [1.54, 1.807) is 13.8 Å². The van der Waals surface area contributed by atoms with Crippen LogP contribution in [0, 0.1) is 0 Å². The average Bonchev–Trinajstić information content (AvgIpc) is 2.26. The molecule has 0 spiro atoms. The highest BCUT2D eigenvalue weighted by Crippen LogP contribution is 2.17. The number of imide groups is 1. The zero-order chi connectivity index (χ0) is 11.6. The van der Waals surface area contributed by atoms with Crippen molar-refractivity contribution < 1.29 is 14.4 Å². The Balaban J connectivity index is 2.52. The summed E-state index contributed by atoms with van der Waals surface area (Å²) >= 11 is 1.11. The van der Waals surface area contributed by atoms with Gasteiger partial charge in [-0.05, 0) is 13.8 Å². The van der Waals surface area contributed by atoms with Crippen molar-refractivity contribution in [1.82, 2.24) is 10.2 Å². The first-order valence-electron chi connectivity index (χ1n) is 4.62. The number of hydrogen-bond acceptors (Lipinski definition) is 4. The van der Waals surface area contributed by atoms with Crippen LogP contribution < -0.4 is 5.32 Å². The van der Waals surface area contributed by atoms with Crippen molar-refractivity contribution in [3.8, 4) is 0 Å². The molecule has 0 bridgehead atoms.